The zero-order valence-corrected chi connectivity index (χ0v) is 6.90. The lowest BCUT2D eigenvalue weighted by Gasteiger charge is -2.30. The van der Waals surface area contributed by atoms with Crippen LogP contribution in [0.4, 0.5) is 0 Å². The molecule has 1 rings (SSSR count). The molecule has 70 valence electrons. The number of aliphatic hydroxyl groups is 1. The maximum atomic E-state index is 10.6. The largest absolute Gasteiger partial charge is 0.479 e. The van der Waals surface area contributed by atoms with E-state index in [1.807, 2.05) is 0 Å². The van der Waals surface area contributed by atoms with Crippen LogP contribution in [0.5, 0.6) is 0 Å². The molecule has 1 fully saturated rings. The van der Waals surface area contributed by atoms with E-state index in [4.69, 9.17) is 14.9 Å². The standard InChI is InChI=1S/C8H14O4/c9-4-5-12-7(8(10)11)6-2-1-3-6/h6-7,9H,1-5H2,(H,10,11). The molecule has 12 heavy (non-hydrogen) atoms. The predicted molar refractivity (Wildman–Crippen MR) is 41.8 cm³/mol. The summed E-state index contributed by atoms with van der Waals surface area (Å²) in [6, 6.07) is 0. The zero-order valence-electron chi connectivity index (χ0n) is 6.90. The van der Waals surface area contributed by atoms with E-state index in [9.17, 15) is 4.79 Å². The number of aliphatic carboxylic acids is 1. The molecule has 0 aromatic heterocycles. The van der Waals surface area contributed by atoms with Gasteiger partial charge in [-0.2, -0.15) is 0 Å². The molecule has 0 saturated heterocycles. The lowest BCUT2D eigenvalue weighted by Crippen LogP contribution is -2.36. The summed E-state index contributed by atoms with van der Waals surface area (Å²) >= 11 is 0. The molecule has 2 N–H and O–H groups in total. The summed E-state index contributed by atoms with van der Waals surface area (Å²) in [5.74, 6) is -0.748. The third-order valence-electron chi connectivity index (χ3n) is 2.21. The van der Waals surface area contributed by atoms with Gasteiger partial charge in [-0.25, -0.2) is 4.79 Å². The number of ether oxygens (including phenoxy) is 1. The van der Waals surface area contributed by atoms with E-state index in [0.717, 1.165) is 19.3 Å². The normalized spacial score (nSPS) is 20.1. The molecule has 4 heteroatoms. The van der Waals surface area contributed by atoms with Crippen molar-refractivity contribution < 1.29 is 19.7 Å². The maximum absolute atomic E-state index is 10.6. The number of carboxylic acid groups (broad SMARTS) is 1. The van der Waals surface area contributed by atoms with Crippen molar-refractivity contribution in [2.75, 3.05) is 13.2 Å². The molecule has 0 heterocycles. The van der Waals surface area contributed by atoms with Gasteiger partial charge in [0.05, 0.1) is 13.2 Å². The number of hydrogen-bond acceptors (Lipinski definition) is 3. The third-order valence-corrected chi connectivity index (χ3v) is 2.21. The molecule has 1 aliphatic rings. The molecule has 0 aromatic carbocycles. The van der Waals surface area contributed by atoms with Crippen LogP contribution in [0.25, 0.3) is 0 Å². The van der Waals surface area contributed by atoms with Gasteiger partial charge in [0, 0.05) is 0 Å². The molecule has 0 radical (unpaired) electrons. The first kappa shape index (κ1) is 9.48. The van der Waals surface area contributed by atoms with Crippen LogP contribution < -0.4 is 0 Å². The van der Waals surface area contributed by atoms with Crippen LogP contribution in [0.2, 0.25) is 0 Å². The molecule has 1 unspecified atom stereocenters. The minimum Gasteiger partial charge on any atom is -0.479 e. The first-order valence-corrected chi connectivity index (χ1v) is 4.21. The number of carbonyl (C=O) groups is 1. The molecular weight excluding hydrogens is 160 g/mol. The van der Waals surface area contributed by atoms with Crippen LogP contribution in [0.1, 0.15) is 19.3 Å². The van der Waals surface area contributed by atoms with Gasteiger partial charge in [-0.15, -0.1) is 0 Å². The number of hydrogen-bond donors (Lipinski definition) is 2. The molecular formula is C8H14O4. The van der Waals surface area contributed by atoms with Crippen LogP contribution in [-0.4, -0.2) is 35.5 Å². The SMILES string of the molecule is O=C(O)C(OCCO)C1CCC1. The highest BCUT2D eigenvalue weighted by molar-refractivity contribution is 5.72. The summed E-state index contributed by atoms with van der Waals surface area (Å²) in [5, 5.41) is 17.2. The number of aliphatic hydroxyl groups excluding tert-OH is 1. The monoisotopic (exact) mass is 174 g/mol. The van der Waals surface area contributed by atoms with Crippen molar-refractivity contribution in [1.29, 1.82) is 0 Å². The Bertz CT molecular complexity index is 153. The molecule has 1 aliphatic carbocycles. The fourth-order valence-electron chi connectivity index (χ4n) is 1.33. The summed E-state index contributed by atoms with van der Waals surface area (Å²) in [4.78, 5) is 10.6. The Morgan fingerprint density at radius 1 is 1.58 bits per heavy atom. The first-order chi connectivity index (χ1) is 5.75. The molecule has 1 saturated carbocycles. The van der Waals surface area contributed by atoms with Crippen LogP contribution >= 0.6 is 0 Å². The van der Waals surface area contributed by atoms with E-state index < -0.39 is 12.1 Å². The zero-order chi connectivity index (χ0) is 8.97. The van der Waals surface area contributed by atoms with Gasteiger partial charge >= 0.3 is 5.97 Å². The Morgan fingerprint density at radius 3 is 2.58 bits per heavy atom. The fourth-order valence-corrected chi connectivity index (χ4v) is 1.33. The van der Waals surface area contributed by atoms with Gasteiger partial charge in [-0.1, -0.05) is 6.42 Å². The van der Waals surface area contributed by atoms with E-state index in [1.54, 1.807) is 0 Å². The maximum Gasteiger partial charge on any atom is 0.333 e. The highest BCUT2D eigenvalue weighted by atomic mass is 16.5. The Kier molecular flexibility index (Phi) is 3.49. The summed E-state index contributed by atoms with van der Waals surface area (Å²) in [7, 11) is 0. The topological polar surface area (TPSA) is 66.8 Å². The second-order valence-corrected chi connectivity index (χ2v) is 3.04. The smallest absolute Gasteiger partial charge is 0.333 e. The fraction of sp³-hybridized carbons (Fsp3) is 0.875. The van der Waals surface area contributed by atoms with Gasteiger partial charge in [-0.05, 0) is 18.8 Å². The van der Waals surface area contributed by atoms with Crippen LogP contribution in [0.3, 0.4) is 0 Å². The van der Waals surface area contributed by atoms with E-state index in [1.165, 1.54) is 0 Å². The van der Waals surface area contributed by atoms with E-state index >= 15 is 0 Å². The van der Waals surface area contributed by atoms with E-state index in [0.29, 0.717) is 0 Å². The van der Waals surface area contributed by atoms with Gasteiger partial charge in [0.1, 0.15) is 0 Å². The van der Waals surface area contributed by atoms with Crippen molar-refractivity contribution >= 4 is 5.97 Å². The summed E-state index contributed by atoms with van der Waals surface area (Å²) < 4.78 is 5.01. The molecule has 0 aliphatic heterocycles. The van der Waals surface area contributed by atoms with Gasteiger partial charge in [0.2, 0.25) is 0 Å². The lowest BCUT2D eigenvalue weighted by atomic mass is 9.81. The molecule has 0 amide bonds. The minimum atomic E-state index is -0.909. The third kappa shape index (κ3) is 2.19. The van der Waals surface area contributed by atoms with Crippen molar-refractivity contribution in [3.05, 3.63) is 0 Å². The minimum absolute atomic E-state index is 0.115. The van der Waals surface area contributed by atoms with Crippen molar-refractivity contribution in [3.63, 3.8) is 0 Å². The second-order valence-electron chi connectivity index (χ2n) is 3.04. The van der Waals surface area contributed by atoms with E-state index in [2.05, 4.69) is 0 Å². The summed E-state index contributed by atoms with van der Waals surface area (Å²) in [5.41, 5.74) is 0. The van der Waals surface area contributed by atoms with Crippen molar-refractivity contribution in [2.24, 2.45) is 5.92 Å². The Morgan fingerprint density at radius 2 is 2.25 bits per heavy atom. The quantitative estimate of drug-likeness (QED) is 0.627. The average Bonchev–Trinajstić information content (AvgIpc) is 1.93. The van der Waals surface area contributed by atoms with Crippen LogP contribution in [0, 0.1) is 5.92 Å². The van der Waals surface area contributed by atoms with E-state index in [-0.39, 0.29) is 19.1 Å². The van der Waals surface area contributed by atoms with Crippen LogP contribution in [0.15, 0.2) is 0 Å². The highest BCUT2D eigenvalue weighted by Gasteiger charge is 2.32. The van der Waals surface area contributed by atoms with Crippen molar-refractivity contribution in [3.8, 4) is 0 Å². The molecule has 1 atom stereocenters. The second kappa shape index (κ2) is 4.42. The molecule has 0 spiro atoms. The Balaban J connectivity index is 2.32. The molecule has 4 nitrogen and oxygen atoms in total. The molecule has 0 bridgehead atoms. The number of rotatable bonds is 5. The van der Waals surface area contributed by atoms with Gasteiger partial charge in [-0.3, -0.25) is 0 Å². The Hall–Kier alpha value is -0.610. The van der Waals surface area contributed by atoms with Crippen LogP contribution in [-0.2, 0) is 9.53 Å². The average molecular weight is 174 g/mol. The predicted octanol–water partition coefficient (Wildman–Crippen LogP) is 0.249. The number of carboxylic acids is 1. The van der Waals surface area contributed by atoms with Crippen molar-refractivity contribution in [1.82, 2.24) is 0 Å². The lowest BCUT2D eigenvalue weighted by molar-refractivity contribution is -0.157. The molecule has 0 aromatic rings. The van der Waals surface area contributed by atoms with Gasteiger partial charge in [0.25, 0.3) is 0 Å². The van der Waals surface area contributed by atoms with Gasteiger partial charge in [0.15, 0.2) is 6.10 Å². The summed E-state index contributed by atoms with van der Waals surface area (Å²) in [6.45, 7) is 0.00394. The first-order valence-electron chi connectivity index (χ1n) is 4.21. The van der Waals surface area contributed by atoms with Crippen molar-refractivity contribution in [2.45, 2.75) is 25.4 Å². The Labute approximate surface area is 71.2 Å². The van der Waals surface area contributed by atoms with Gasteiger partial charge < -0.3 is 14.9 Å². The summed E-state index contributed by atoms with van der Waals surface area (Å²) in [6.07, 6.45) is 2.26. The highest BCUT2D eigenvalue weighted by Crippen LogP contribution is 2.31.